The van der Waals surface area contributed by atoms with Gasteiger partial charge < -0.3 is 55.5 Å². The third-order valence-electron chi connectivity index (χ3n) is 19.2. The maximum atomic E-state index is 12.7. The topological polar surface area (TPSA) is 344 Å². The second kappa shape index (κ2) is 33.7. The van der Waals surface area contributed by atoms with E-state index in [0.29, 0.717) is 36.6 Å². The number of Topliss-reactive ketones (excluding diaryl/α,β-unsaturated/α-hetero) is 1. The number of rotatable bonds is 17. The fourth-order valence-corrected chi connectivity index (χ4v) is 16.0. The first kappa shape index (κ1) is 75.8. The normalized spacial score (nSPS) is 23.1. The molecule has 7 atom stereocenters. The van der Waals surface area contributed by atoms with Crippen LogP contribution in [0.15, 0.2) is 159 Å². The van der Waals surface area contributed by atoms with Crippen molar-refractivity contribution in [3.8, 4) is 23.0 Å². The first-order valence-electron chi connectivity index (χ1n) is 33.5. The van der Waals surface area contributed by atoms with Gasteiger partial charge in [0.1, 0.15) is 16.9 Å². The number of phenols is 2. The van der Waals surface area contributed by atoms with Crippen LogP contribution in [0.1, 0.15) is 135 Å². The van der Waals surface area contributed by atoms with Gasteiger partial charge in [-0.15, -0.1) is 6.58 Å². The number of aromatic nitrogens is 1. The number of carboxylic acids is 1. The average Bonchev–Trinajstić information content (AvgIpc) is 1.57. The first-order valence-corrected chi connectivity index (χ1v) is 34.8. The number of primary amides is 1. The highest BCUT2D eigenvalue weighted by atomic mass is 32.2. The zero-order valence-corrected chi connectivity index (χ0v) is 57.9. The Labute approximate surface area is 581 Å². The minimum absolute atomic E-state index is 0.0454. The van der Waals surface area contributed by atoms with Crippen molar-refractivity contribution < 1.29 is 73.1 Å². The molecule has 1 spiro atoms. The van der Waals surface area contributed by atoms with Crippen LogP contribution in [0.25, 0.3) is 0 Å². The number of ether oxygens (including phenoxy) is 2. The van der Waals surface area contributed by atoms with E-state index in [0.717, 1.165) is 91.2 Å². The first-order chi connectivity index (χ1) is 47.2. The summed E-state index contributed by atoms with van der Waals surface area (Å²) < 4.78 is 23.7. The smallest absolute Gasteiger partial charge is 0.337 e. The van der Waals surface area contributed by atoms with Gasteiger partial charge in [-0.2, -0.15) is 0 Å². The zero-order valence-electron chi connectivity index (χ0n) is 57.1. The van der Waals surface area contributed by atoms with E-state index in [4.69, 9.17) is 25.4 Å². The number of phenolic OH excluding ortho intramolecular Hbond substituents is 2. The number of aromatic hydroxyl groups is 2. The Morgan fingerprint density at radius 2 is 1.53 bits per heavy atom. The van der Waals surface area contributed by atoms with Crippen LogP contribution < -0.4 is 31.2 Å². The van der Waals surface area contributed by atoms with E-state index in [2.05, 4.69) is 51.4 Å². The number of aromatic carboxylic acids is 1. The Hall–Kier alpha value is -8.97. The molecule has 23 heteroatoms. The predicted octanol–water partition coefficient (Wildman–Crippen LogP) is 9.26. The van der Waals surface area contributed by atoms with E-state index >= 15 is 0 Å². The zero-order chi connectivity index (χ0) is 71.8. The molecule has 4 heterocycles. The molecule has 99 heavy (non-hydrogen) atoms. The molecule has 528 valence electrons. The van der Waals surface area contributed by atoms with E-state index in [1.807, 2.05) is 105 Å². The lowest BCUT2D eigenvalue weighted by Crippen LogP contribution is -2.76. The molecule has 0 radical (unpaired) electrons. The summed E-state index contributed by atoms with van der Waals surface area (Å²) in [5.74, 6) is 0.0690. The number of imide groups is 2. The number of carbonyl (C=O) groups is 7. The number of pyridine rings is 1. The number of urea groups is 1. The summed E-state index contributed by atoms with van der Waals surface area (Å²) in [5.41, 5.74) is 7.46. The second-order valence-electron chi connectivity index (χ2n) is 27.0. The number of piperidine rings is 1. The van der Waals surface area contributed by atoms with Crippen LogP contribution in [0, 0.1) is 23.2 Å². The molecule has 22 nitrogen and oxygen atoms in total. The molecule has 3 aliphatic heterocycles. The monoisotopic (exact) mass is 1380 g/mol. The van der Waals surface area contributed by atoms with Crippen molar-refractivity contribution in [3.63, 3.8) is 0 Å². The van der Waals surface area contributed by atoms with Crippen molar-refractivity contribution in [1.29, 1.82) is 0 Å². The van der Waals surface area contributed by atoms with Crippen LogP contribution >= 0.6 is 0 Å². The summed E-state index contributed by atoms with van der Waals surface area (Å²) in [6.45, 7) is 11.7. The van der Waals surface area contributed by atoms with Crippen LogP contribution in [-0.4, -0.2) is 151 Å². The number of methoxy groups -OCH3 is 1. The van der Waals surface area contributed by atoms with Crippen molar-refractivity contribution in [2.75, 3.05) is 51.9 Å². The van der Waals surface area contributed by atoms with Crippen LogP contribution in [-0.2, 0) is 52.6 Å². The molecule has 4 aliphatic carbocycles. The van der Waals surface area contributed by atoms with Crippen molar-refractivity contribution in [1.82, 2.24) is 25.4 Å². The molecule has 10 N–H and O–H groups in total. The Morgan fingerprint density at radius 3 is 2.07 bits per heavy atom. The number of barbiturate groups is 1. The molecule has 1 unspecified atom stereocenters. The maximum absolute atomic E-state index is 12.7. The number of nitrogens with two attached hydrogens (primary N) is 1. The Kier molecular flexibility index (Phi) is 25.8. The number of anilines is 1. The van der Waals surface area contributed by atoms with E-state index in [9.17, 15) is 53.4 Å². The lowest BCUT2D eigenvalue weighted by atomic mass is 9.49. The van der Waals surface area contributed by atoms with Crippen molar-refractivity contribution in [3.05, 3.63) is 192 Å². The molecular formula is C76H93N7O15S. The molecule has 13 rings (SSSR count). The molecule has 3 saturated carbocycles. The average molecular weight is 1380 g/mol. The quantitative estimate of drug-likeness (QED) is 0.0178. The molecule has 2 saturated heterocycles. The Balaban J connectivity index is 0.000000156. The lowest BCUT2D eigenvalue weighted by Gasteiger charge is -2.62. The third kappa shape index (κ3) is 18.1. The van der Waals surface area contributed by atoms with Crippen LogP contribution in [0.3, 0.4) is 0 Å². The summed E-state index contributed by atoms with van der Waals surface area (Å²) in [6.07, 6.45) is 13.6. The van der Waals surface area contributed by atoms with Crippen LogP contribution in [0.4, 0.5) is 10.5 Å². The summed E-state index contributed by atoms with van der Waals surface area (Å²) in [7, 11) is 5.81. The molecule has 2 bridgehead atoms. The fourth-order valence-electron chi connectivity index (χ4n) is 14.6. The van der Waals surface area contributed by atoms with Gasteiger partial charge in [-0.05, 0) is 167 Å². The largest absolute Gasteiger partial charge is 0.615 e. The van der Waals surface area contributed by atoms with Gasteiger partial charge >= 0.3 is 12.0 Å². The maximum Gasteiger partial charge on any atom is 0.337 e. The number of benzene rings is 5. The summed E-state index contributed by atoms with van der Waals surface area (Å²) in [4.78, 5) is 87.3. The van der Waals surface area contributed by atoms with Gasteiger partial charge in [-0.1, -0.05) is 112 Å². The number of ketones is 1. The third-order valence-corrected chi connectivity index (χ3v) is 20.8. The fraction of sp³-hybridized carbons (Fsp3) is 0.421. The van der Waals surface area contributed by atoms with E-state index in [-0.39, 0.29) is 58.1 Å². The molecule has 5 aromatic carbocycles. The van der Waals surface area contributed by atoms with Gasteiger partial charge in [-0.3, -0.25) is 44.5 Å². The highest BCUT2D eigenvalue weighted by Crippen LogP contribution is 2.65. The van der Waals surface area contributed by atoms with E-state index < -0.39 is 69.0 Å². The number of likely N-dealkylation sites (tertiary alicyclic amines) is 1. The number of carboxylic acid groups (broad SMARTS) is 1. The van der Waals surface area contributed by atoms with Gasteiger partial charge in [0.2, 0.25) is 17.7 Å². The Morgan fingerprint density at radius 1 is 0.869 bits per heavy atom. The number of carbonyl (C=O) groups excluding carboxylic acids is 6. The standard InChI is InChI=1S/C20H23NO4.C16H25NO2.C15H15NO2S.C11H16N2O3.C8H9NO2.C6H5NO2/c22-13-4-3-12-9-15-20(24)6-5-14(23)18-19(20,16(12)17(13)25-18)7-8-21(15)10-11-1-2-11;1-17(2)12-14-7-4-5-10-16(14,18)13-8-6-9-15(11-13)19-3;16-14(17)11-19(18)15(12-7-3-1-4-8-12)13-9-5-2-6-10-13;1-4-5-11(6-7(2)3)8(14)12-10(16)13-9(11)15;1-6(10)9-7-2-4-8(11)5-3-7;8-6(9)5-2-1-3-7-4-5/h3-4,11,15,18,22,24H,1-2,5-10H2;6,8-9,11,14,18H,4-5,7,10,12H2,1-3H3;1-10,15H,11H2,(H2,16,17);4,7H,1,5-6H2,2-3H3,(H2,12,13,14,15,16);2-5,11H,1H3,(H,9,10);1-4H,(H,8,9)/t15-,18+,19+,20-;14-,16+;;;;/m11..../s1. The molecule has 6 aromatic rings. The number of nitrogens with one attached hydrogen (secondary N) is 3. The number of nitrogens with zero attached hydrogens (tertiary/aromatic N) is 3. The second-order valence-corrected chi connectivity index (χ2v) is 28.5. The van der Waals surface area contributed by atoms with Gasteiger partial charge in [0, 0.05) is 73.2 Å². The highest BCUT2D eigenvalue weighted by Gasteiger charge is 2.73. The number of hydrogen-bond acceptors (Lipinski definition) is 17. The van der Waals surface area contributed by atoms with Crippen molar-refractivity contribution in [2.24, 2.45) is 28.9 Å². The lowest BCUT2D eigenvalue weighted by molar-refractivity contribution is -0.188. The Bertz CT molecular complexity index is 3730. The van der Waals surface area contributed by atoms with Crippen molar-refractivity contribution in [2.45, 2.75) is 132 Å². The van der Waals surface area contributed by atoms with Crippen LogP contribution in [0.2, 0.25) is 0 Å². The van der Waals surface area contributed by atoms with Gasteiger partial charge in [0.15, 0.2) is 34.4 Å². The van der Waals surface area contributed by atoms with Crippen LogP contribution in [0.5, 0.6) is 23.0 Å². The number of amides is 6. The number of aliphatic hydroxyl groups is 2. The van der Waals surface area contributed by atoms with Gasteiger partial charge in [0.25, 0.3) is 5.91 Å². The summed E-state index contributed by atoms with van der Waals surface area (Å²) in [5, 5.41) is 57.2. The van der Waals surface area contributed by atoms with E-state index in [1.165, 1.54) is 62.9 Å². The minimum atomic E-state index is -1.36. The minimum Gasteiger partial charge on any atom is -0.615 e. The molecule has 5 fully saturated rings. The molecule has 6 amide bonds. The molecule has 1 aromatic heterocycles. The van der Waals surface area contributed by atoms with Gasteiger partial charge in [-0.25, -0.2) is 9.59 Å². The number of hydrogen-bond donors (Lipinski definition) is 9. The predicted molar refractivity (Wildman–Crippen MR) is 376 cm³/mol. The molecular weight excluding hydrogens is 1280 g/mol. The summed E-state index contributed by atoms with van der Waals surface area (Å²) in [6, 6.07) is 39.3. The summed E-state index contributed by atoms with van der Waals surface area (Å²) >= 11 is -1.36. The highest BCUT2D eigenvalue weighted by molar-refractivity contribution is 7.92. The van der Waals surface area contributed by atoms with E-state index in [1.54, 1.807) is 31.4 Å². The molecule has 7 aliphatic rings. The number of allylic oxidation sites excluding steroid dienone is 1. The van der Waals surface area contributed by atoms with Crippen molar-refractivity contribution >= 4 is 58.3 Å². The van der Waals surface area contributed by atoms with Gasteiger partial charge in [0.05, 0.1) is 29.3 Å². The SMILES string of the molecule is C=CCC1(CC(C)C)C(=O)NC(=O)NC1=O.CC(=O)Nc1ccc(O)cc1.COc1cccc([C@@]2(O)CCCC[C@@H]2CN(C)C)c1.NC(=O)C[S+]([O-])C(c1ccccc1)c1ccccc1.O=C(O)c1cccnc1.O=C1CC[C@@]2(O)[C@H]3Cc4ccc(O)c5c4[C@@]2(CCN3CC2CC2)[C@H]1O5.